The molecule has 0 aliphatic rings. The summed E-state index contributed by atoms with van der Waals surface area (Å²) in [6, 6.07) is 9.86. The van der Waals surface area contributed by atoms with Gasteiger partial charge < -0.3 is 10.4 Å². The number of aliphatic hydroxyl groups is 1. The molecule has 112 valence electrons. The first kappa shape index (κ1) is 16.7. The molecule has 2 N–H and O–H groups in total. The summed E-state index contributed by atoms with van der Waals surface area (Å²) in [5, 5.41) is 12.0. The number of benzene rings is 1. The maximum absolute atomic E-state index is 12.3. The van der Waals surface area contributed by atoms with Gasteiger partial charge in [-0.3, -0.25) is 9.69 Å². The van der Waals surface area contributed by atoms with Crippen LogP contribution in [0.25, 0.3) is 0 Å². The average molecular weight is 278 g/mol. The molecule has 2 atom stereocenters. The van der Waals surface area contributed by atoms with Gasteiger partial charge in [-0.15, -0.1) is 0 Å². The number of hydrogen-bond acceptors (Lipinski definition) is 3. The van der Waals surface area contributed by atoms with Crippen molar-refractivity contribution in [2.75, 3.05) is 20.2 Å². The molecule has 0 saturated heterocycles. The Kier molecular flexibility index (Phi) is 7.26. The fourth-order valence-corrected chi connectivity index (χ4v) is 2.14. The van der Waals surface area contributed by atoms with Crippen molar-refractivity contribution in [2.24, 2.45) is 0 Å². The third-order valence-electron chi connectivity index (χ3n) is 3.59. The second kappa shape index (κ2) is 8.72. The molecule has 1 aromatic carbocycles. The van der Waals surface area contributed by atoms with E-state index in [4.69, 9.17) is 5.11 Å². The normalized spacial score (nSPS) is 14.1. The molecular weight excluding hydrogens is 252 g/mol. The maximum atomic E-state index is 12.3. The summed E-state index contributed by atoms with van der Waals surface area (Å²) in [4.78, 5) is 14.1. The summed E-state index contributed by atoms with van der Waals surface area (Å²) in [6.45, 7) is 4.53. The Balaban J connectivity index is 2.68. The van der Waals surface area contributed by atoms with Crippen LogP contribution in [-0.2, 0) is 4.79 Å². The van der Waals surface area contributed by atoms with Crippen LogP contribution < -0.4 is 5.32 Å². The van der Waals surface area contributed by atoms with Crippen LogP contribution in [0.4, 0.5) is 0 Å². The Morgan fingerprint density at radius 1 is 1.35 bits per heavy atom. The first-order valence-electron chi connectivity index (χ1n) is 7.26. The van der Waals surface area contributed by atoms with E-state index in [2.05, 4.69) is 12.2 Å². The lowest BCUT2D eigenvalue weighted by Crippen LogP contribution is -2.45. The lowest BCUT2D eigenvalue weighted by Gasteiger charge is -2.26. The maximum Gasteiger partial charge on any atom is 0.237 e. The van der Waals surface area contributed by atoms with Crippen molar-refractivity contribution in [2.45, 2.75) is 38.8 Å². The van der Waals surface area contributed by atoms with Crippen LogP contribution in [0.3, 0.4) is 0 Å². The highest BCUT2D eigenvalue weighted by Crippen LogP contribution is 2.18. The summed E-state index contributed by atoms with van der Waals surface area (Å²) in [5.41, 5.74) is 1.14. The number of amides is 1. The smallest absolute Gasteiger partial charge is 0.237 e. The van der Waals surface area contributed by atoms with E-state index in [1.807, 2.05) is 49.2 Å². The van der Waals surface area contributed by atoms with Crippen molar-refractivity contribution >= 4 is 5.91 Å². The standard InChI is InChI=1S/C16H26N2O2/c1-4-8-15(14-9-6-5-7-10-14)17-16(20)13(2)18(3)11-12-19/h5-7,9-10,13,15,19H,4,8,11-12H2,1-3H3,(H,17,20). The van der Waals surface area contributed by atoms with Crippen LogP contribution in [0.2, 0.25) is 0 Å². The SMILES string of the molecule is CCCC(NC(=O)C(C)N(C)CCO)c1ccccc1. The molecule has 0 spiro atoms. The minimum atomic E-state index is -0.245. The minimum Gasteiger partial charge on any atom is -0.395 e. The molecule has 4 nitrogen and oxygen atoms in total. The molecule has 4 heteroatoms. The van der Waals surface area contributed by atoms with Crippen LogP contribution in [-0.4, -0.2) is 42.2 Å². The van der Waals surface area contributed by atoms with Crippen molar-refractivity contribution in [3.8, 4) is 0 Å². The number of nitrogens with zero attached hydrogens (tertiary/aromatic N) is 1. The predicted octanol–water partition coefficient (Wildman–Crippen LogP) is 1.96. The van der Waals surface area contributed by atoms with E-state index >= 15 is 0 Å². The van der Waals surface area contributed by atoms with E-state index in [9.17, 15) is 4.79 Å². The van der Waals surface area contributed by atoms with Gasteiger partial charge in [0.1, 0.15) is 0 Å². The highest BCUT2D eigenvalue weighted by molar-refractivity contribution is 5.81. The predicted molar refractivity (Wildman–Crippen MR) is 81.4 cm³/mol. The Hall–Kier alpha value is -1.39. The zero-order valence-corrected chi connectivity index (χ0v) is 12.7. The number of nitrogens with one attached hydrogen (secondary N) is 1. The molecule has 1 rings (SSSR count). The molecular formula is C16H26N2O2. The number of carbonyl (C=O) groups is 1. The number of carbonyl (C=O) groups excluding carboxylic acids is 1. The molecule has 1 amide bonds. The van der Waals surface area contributed by atoms with Gasteiger partial charge in [0.25, 0.3) is 0 Å². The number of hydrogen-bond donors (Lipinski definition) is 2. The van der Waals surface area contributed by atoms with E-state index in [1.165, 1.54) is 0 Å². The molecule has 0 radical (unpaired) electrons. The zero-order chi connectivity index (χ0) is 15.0. The second-order valence-corrected chi connectivity index (χ2v) is 5.14. The molecule has 0 saturated carbocycles. The summed E-state index contributed by atoms with van der Waals surface area (Å²) >= 11 is 0. The lowest BCUT2D eigenvalue weighted by molar-refractivity contribution is -0.126. The average Bonchev–Trinajstić information content (AvgIpc) is 2.47. The Morgan fingerprint density at radius 2 is 2.00 bits per heavy atom. The Morgan fingerprint density at radius 3 is 2.55 bits per heavy atom. The summed E-state index contributed by atoms with van der Waals surface area (Å²) < 4.78 is 0. The van der Waals surface area contributed by atoms with E-state index in [1.54, 1.807) is 0 Å². The largest absolute Gasteiger partial charge is 0.395 e. The summed E-state index contributed by atoms with van der Waals surface area (Å²) in [5.74, 6) is 0.00301. The van der Waals surface area contributed by atoms with Crippen LogP contribution in [0.15, 0.2) is 30.3 Å². The summed E-state index contributed by atoms with van der Waals surface area (Å²) in [7, 11) is 1.85. The van der Waals surface area contributed by atoms with Gasteiger partial charge in [0.05, 0.1) is 18.7 Å². The molecule has 0 fully saturated rings. The molecule has 0 bridgehead atoms. The monoisotopic (exact) mass is 278 g/mol. The molecule has 0 aliphatic heterocycles. The lowest BCUT2D eigenvalue weighted by atomic mass is 10.0. The molecule has 20 heavy (non-hydrogen) atoms. The first-order chi connectivity index (χ1) is 9.60. The number of rotatable bonds is 8. The highest BCUT2D eigenvalue weighted by atomic mass is 16.3. The van der Waals surface area contributed by atoms with Crippen molar-refractivity contribution in [1.82, 2.24) is 10.2 Å². The second-order valence-electron chi connectivity index (χ2n) is 5.14. The quantitative estimate of drug-likeness (QED) is 0.764. The van der Waals surface area contributed by atoms with E-state index < -0.39 is 0 Å². The molecule has 0 aliphatic carbocycles. The topological polar surface area (TPSA) is 52.6 Å². The molecule has 1 aromatic rings. The molecule has 0 heterocycles. The van der Waals surface area contributed by atoms with Gasteiger partial charge in [0.15, 0.2) is 0 Å². The minimum absolute atomic E-state index is 0.00301. The van der Waals surface area contributed by atoms with Gasteiger partial charge >= 0.3 is 0 Å². The number of likely N-dealkylation sites (N-methyl/N-ethyl adjacent to an activating group) is 1. The van der Waals surface area contributed by atoms with Gasteiger partial charge in [-0.25, -0.2) is 0 Å². The summed E-state index contributed by atoms with van der Waals surface area (Å²) in [6.07, 6.45) is 1.94. The van der Waals surface area contributed by atoms with Crippen molar-refractivity contribution in [3.05, 3.63) is 35.9 Å². The third-order valence-corrected chi connectivity index (χ3v) is 3.59. The van der Waals surface area contributed by atoms with Gasteiger partial charge in [-0.1, -0.05) is 43.7 Å². The molecule has 0 aromatic heterocycles. The fraction of sp³-hybridized carbons (Fsp3) is 0.562. The van der Waals surface area contributed by atoms with Crippen LogP contribution >= 0.6 is 0 Å². The highest BCUT2D eigenvalue weighted by Gasteiger charge is 2.21. The fourth-order valence-electron chi connectivity index (χ4n) is 2.14. The molecule has 2 unspecified atom stereocenters. The first-order valence-corrected chi connectivity index (χ1v) is 7.26. The van der Waals surface area contributed by atoms with Gasteiger partial charge in [-0.05, 0) is 26.0 Å². The van der Waals surface area contributed by atoms with Gasteiger partial charge in [0, 0.05) is 6.54 Å². The van der Waals surface area contributed by atoms with Crippen LogP contribution in [0, 0.1) is 0 Å². The van der Waals surface area contributed by atoms with Crippen molar-refractivity contribution < 1.29 is 9.90 Å². The van der Waals surface area contributed by atoms with Crippen LogP contribution in [0.1, 0.15) is 38.3 Å². The van der Waals surface area contributed by atoms with E-state index in [-0.39, 0.29) is 24.6 Å². The Bertz CT molecular complexity index is 395. The van der Waals surface area contributed by atoms with Crippen LogP contribution in [0.5, 0.6) is 0 Å². The zero-order valence-electron chi connectivity index (χ0n) is 12.7. The van der Waals surface area contributed by atoms with E-state index in [0.717, 1.165) is 18.4 Å². The Labute approximate surface area is 121 Å². The number of aliphatic hydroxyl groups excluding tert-OH is 1. The van der Waals surface area contributed by atoms with Gasteiger partial charge in [0.2, 0.25) is 5.91 Å². The van der Waals surface area contributed by atoms with Crippen molar-refractivity contribution in [1.29, 1.82) is 0 Å². The van der Waals surface area contributed by atoms with Gasteiger partial charge in [-0.2, -0.15) is 0 Å². The van der Waals surface area contributed by atoms with E-state index in [0.29, 0.717) is 6.54 Å². The van der Waals surface area contributed by atoms with Crippen molar-refractivity contribution in [3.63, 3.8) is 0 Å². The third kappa shape index (κ3) is 4.94.